The molecule has 0 spiro atoms. The van der Waals surface area contributed by atoms with Crippen LogP contribution in [0.15, 0.2) is 55.0 Å². The van der Waals surface area contributed by atoms with Crippen molar-refractivity contribution in [3.8, 4) is 0 Å². The fourth-order valence-electron chi connectivity index (χ4n) is 3.06. The fraction of sp³-hybridized carbons (Fsp3) is 0.211. The summed E-state index contributed by atoms with van der Waals surface area (Å²) in [6.45, 7) is 1.40. The fourth-order valence-corrected chi connectivity index (χ4v) is 3.06. The average Bonchev–Trinajstić information content (AvgIpc) is 3.03. The van der Waals surface area contributed by atoms with Gasteiger partial charge in [0.05, 0.1) is 11.5 Å². The Morgan fingerprint density at radius 2 is 1.92 bits per heavy atom. The lowest BCUT2D eigenvalue weighted by atomic mass is 9.97. The summed E-state index contributed by atoms with van der Waals surface area (Å²) in [6, 6.07) is 11.5. The van der Waals surface area contributed by atoms with E-state index in [2.05, 4.69) is 15.3 Å². The van der Waals surface area contributed by atoms with Crippen LogP contribution >= 0.6 is 0 Å². The van der Waals surface area contributed by atoms with Gasteiger partial charge in [-0.1, -0.05) is 18.2 Å². The summed E-state index contributed by atoms with van der Waals surface area (Å²) in [6.07, 6.45) is 5.14. The molecule has 1 saturated heterocycles. The normalized spacial score (nSPS) is 14.3. The Balaban J connectivity index is 1.34. The molecule has 2 N–H and O–H groups in total. The van der Waals surface area contributed by atoms with E-state index in [1.165, 1.54) is 0 Å². The number of hydrogen-bond donors (Lipinski definition) is 2. The zero-order valence-electron chi connectivity index (χ0n) is 13.6. The van der Waals surface area contributed by atoms with E-state index >= 15 is 0 Å². The molecular weight excluding hydrogens is 316 g/mol. The number of aromatic amines is 1. The molecule has 0 bridgehead atoms. The van der Waals surface area contributed by atoms with Gasteiger partial charge in [0, 0.05) is 49.1 Å². The zero-order chi connectivity index (χ0) is 17.2. The number of benzene rings is 1. The van der Waals surface area contributed by atoms with Crippen molar-refractivity contribution in [1.29, 1.82) is 0 Å². The highest BCUT2D eigenvalue weighted by atomic mass is 16.2. The minimum Gasteiger partial charge on any atom is -0.360 e. The number of H-pyrrole nitrogens is 1. The molecule has 6 nitrogen and oxygen atoms in total. The molecule has 0 atom stereocenters. The van der Waals surface area contributed by atoms with E-state index in [0.29, 0.717) is 25.2 Å². The molecule has 0 radical (unpaired) electrons. The number of hydrogen-bond acceptors (Lipinski definition) is 3. The molecule has 1 aliphatic rings. The first-order chi connectivity index (χ1) is 12.2. The van der Waals surface area contributed by atoms with Crippen LogP contribution in [-0.4, -0.2) is 39.8 Å². The highest BCUT2D eigenvalue weighted by Gasteiger charge is 2.36. The summed E-state index contributed by atoms with van der Waals surface area (Å²) in [5, 5.41) is 3.83. The predicted octanol–water partition coefficient (Wildman–Crippen LogP) is 1.95. The second-order valence-corrected chi connectivity index (χ2v) is 6.23. The molecule has 126 valence electrons. The lowest BCUT2D eigenvalue weighted by molar-refractivity contribution is -0.129. The summed E-state index contributed by atoms with van der Waals surface area (Å²) in [4.78, 5) is 33.6. The van der Waals surface area contributed by atoms with Crippen LogP contribution in [0.1, 0.15) is 15.9 Å². The smallest absolute Gasteiger partial charge is 0.256 e. The maximum atomic E-state index is 12.6. The monoisotopic (exact) mass is 334 g/mol. The van der Waals surface area contributed by atoms with E-state index in [0.717, 1.165) is 16.5 Å². The van der Waals surface area contributed by atoms with Crippen LogP contribution in [0.25, 0.3) is 10.9 Å². The number of carbonyl (C=O) groups excluding carboxylic acids is 2. The number of rotatable bonds is 4. The summed E-state index contributed by atoms with van der Waals surface area (Å²) in [5.74, 6) is -0.189. The lowest BCUT2D eigenvalue weighted by Crippen LogP contribution is -2.55. The third-order valence-electron chi connectivity index (χ3n) is 4.58. The van der Waals surface area contributed by atoms with Crippen LogP contribution in [0, 0.1) is 5.92 Å². The quantitative estimate of drug-likeness (QED) is 0.765. The first-order valence-corrected chi connectivity index (χ1v) is 8.24. The predicted molar refractivity (Wildman–Crippen MR) is 93.8 cm³/mol. The van der Waals surface area contributed by atoms with Crippen molar-refractivity contribution >= 4 is 22.7 Å². The van der Waals surface area contributed by atoms with Gasteiger partial charge in [-0.25, -0.2) is 0 Å². The van der Waals surface area contributed by atoms with Crippen molar-refractivity contribution < 1.29 is 9.59 Å². The van der Waals surface area contributed by atoms with Crippen molar-refractivity contribution in [3.63, 3.8) is 0 Å². The minimum atomic E-state index is -0.143. The SMILES string of the molecule is O=C(NCc1ccncc1)C1CN(C(=O)c2c[nH]c3ccccc23)C1. The molecule has 2 amide bonds. The van der Waals surface area contributed by atoms with E-state index in [1.807, 2.05) is 36.4 Å². The van der Waals surface area contributed by atoms with Crippen molar-refractivity contribution in [2.45, 2.75) is 6.54 Å². The number of likely N-dealkylation sites (tertiary alicyclic amines) is 1. The number of fused-ring (bicyclic) bond motifs is 1. The maximum absolute atomic E-state index is 12.6. The van der Waals surface area contributed by atoms with Crippen molar-refractivity contribution in [1.82, 2.24) is 20.2 Å². The molecule has 1 aromatic carbocycles. The minimum absolute atomic E-state index is 0.0141. The average molecular weight is 334 g/mol. The van der Waals surface area contributed by atoms with E-state index in [9.17, 15) is 9.59 Å². The Morgan fingerprint density at radius 3 is 2.72 bits per heavy atom. The van der Waals surface area contributed by atoms with E-state index < -0.39 is 0 Å². The standard InChI is InChI=1S/C19H18N4O2/c24-18(22-9-13-5-7-20-8-6-13)14-11-23(12-14)19(25)16-10-21-17-4-2-1-3-15(16)17/h1-8,10,14,21H,9,11-12H2,(H,22,24). The molecule has 3 aromatic rings. The molecule has 25 heavy (non-hydrogen) atoms. The van der Waals surface area contributed by atoms with Gasteiger partial charge >= 0.3 is 0 Å². The van der Waals surface area contributed by atoms with E-state index in [-0.39, 0.29) is 17.7 Å². The highest BCUT2D eigenvalue weighted by Crippen LogP contribution is 2.24. The molecule has 3 heterocycles. The molecule has 0 saturated carbocycles. The summed E-state index contributed by atoms with van der Waals surface area (Å²) < 4.78 is 0. The van der Waals surface area contributed by atoms with Gasteiger partial charge in [-0.3, -0.25) is 14.6 Å². The molecular formula is C19H18N4O2. The Morgan fingerprint density at radius 1 is 1.16 bits per heavy atom. The van der Waals surface area contributed by atoms with E-state index in [4.69, 9.17) is 0 Å². The Kier molecular flexibility index (Phi) is 3.93. The first-order valence-electron chi connectivity index (χ1n) is 8.24. The second-order valence-electron chi connectivity index (χ2n) is 6.23. The van der Waals surface area contributed by atoms with Gasteiger partial charge in [0.15, 0.2) is 0 Å². The molecule has 6 heteroatoms. The number of nitrogens with zero attached hydrogens (tertiary/aromatic N) is 2. The van der Waals surface area contributed by atoms with Gasteiger partial charge in [0.25, 0.3) is 5.91 Å². The van der Waals surface area contributed by atoms with Crippen molar-refractivity contribution in [3.05, 3.63) is 66.1 Å². The Bertz CT molecular complexity index is 913. The van der Waals surface area contributed by atoms with Gasteiger partial charge < -0.3 is 15.2 Å². The van der Waals surface area contributed by atoms with Crippen LogP contribution in [0.5, 0.6) is 0 Å². The number of nitrogens with one attached hydrogen (secondary N) is 2. The molecule has 2 aromatic heterocycles. The van der Waals surface area contributed by atoms with Crippen LogP contribution in [0.2, 0.25) is 0 Å². The molecule has 0 aliphatic carbocycles. The van der Waals surface area contributed by atoms with Crippen molar-refractivity contribution in [2.24, 2.45) is 5.92 Å². The van der Waals surface area contributed by atoms with E-state index in [1.54, 1.807) is 23.5 Å². The molecule has 1 aliphatic heterocycles. The molecule has 0 unspecified atom stereocenters. The van der Waals surface area contributed by atoms with Gasteiger partial charge in [-0.15, -0.1) is 0 Å². The Labute approximate surface area is 144 Å². The first kappa shape index (κ1) is 15.4. The third-order valence-corrected chi connectivity index (χ3v) is 4.58. The highest BCUT2D eigenvalue weighted by molar-refractivity contribution is 6.07. The lowest BCUT2D eigenvalue weighted by Gasteiger charge is -2.38. The van der Waals surface area contributed by atoms with Gasteiger partial charge in [-0.05, 0) is 23.8 Å². The second kappa shape index (κ2) is 6.39. The maximum Gasteiger partial charge on any atom is 0.256 e. The number of para-hydroxylation sites is 1. The van der Waals surface area contributed by atoms with Gasteiger partial charge in [0.2, 0.25) is 5.91 Å². The topological polar surface area (TPSA) is 78.1 Å². The number of aromatic nitrogens is 2. The number of pyridine rings is 1. The largest absolute Gasteiger partial charge is 0.360 e. The zero-order valence-corrected chi connectivity index (χ0v) is 13.6. The van der Waals surface area contributed by atoms with Crippen LogP contribution in [0.3, 0.4) is 0 Å². The van der Waals surface area contributed by atoms with Crippen LogP contribution in [-0.2, 0) is 11.3 Å². The third kappa shape index (κ3) is 2.98. The van der Waals surface area contributed by atoms with Gasteiger partial charge in [-0.2, -0.15) is 0 Å². The van der Waals surface area contributed by atoms with Crippen LogP contribution in [0.4, 0.5) is 0 Å². The molecule has 4 rings (SSSR count). The Hall–Kier alpha value is -3.15. The van der Waals surface area contributed by atoms with Crippen LogP contribution < -0.4 is 5.32 Å². The summed E-state index contributed by atoms with van der Waals surface area (Å²) in [5.41, 5.74) is 2.61. The number of amides is 2. The number of carbonyl (C=O) groups is 2. The van der Waals surface area contributed by atoms with Gasteiger partial charge in [0.1, 0.15) is 0 Å². The van der Waals surface area contributed by atoms with Crippen molar-refractivity contribution in [2.75, 3.05) is 13.1 Å². The summed E-state index contributed by atoms with van der Waals surface area (Å²) in [7, 11) is 0. The molecule has 1 fully saturated rings. The summed E-state index contributed by atoms with van der Waals surface area (Å²) >= 11 is 0.